The Labute approximate surface area is 132 Å². The lowest BCUT2D eigenvalue weighted by molar-refractivity contribution is 0.219. The molecule has 0 radical (unpaired) electrons. The van der Waals surface area contributed by atoms with Gasteiger partial charge in [-0.1, -0.05) is 20.8 Å². The molecule has 3 atom stereocenters. The van der Waals surface area contributed by atoms with Gasteiger partial charge in [0.05, 0.1) is 6.04 Å². The number of rotatable bonds is 7. The first-order valence-corrected chi connectivity index (χ1v) is 8.87. The van der Waals surface area contributed by atoms with Crippen LogP contribution in [0.2, 0.25) is 0 Å². The van der Waals surface area contributed by atoms with Crippen molar-refractivity contribution in [3.8, 4) is 0 Å². The van der Waals surface area contributed by atoms with E-state index in [9.17, 15) is 0 Å². The molecule has 0 bridgehead atoms. The number of guanidine groups is 1. The Hall–Kier alpha value is -1.07. The van der Waals surface area contributed by atoms with Gasteiger partial charge in [-0.15, -0.1) is 0 Å². The summed E-state index contributed by atoms with van der Waals surface area (Å²) in [4.78, 5) is 6.83. The summed E-state index contributed by atoms with van der Waals surface area (Å²) < 4.78 is 0. The fraction of sp³-hybridized carbons (Fsp3) is 0.688. The molecule has 0 aliphatic heterocycles. The Kier molecular flexibility index (Phi) is 6.06. The van der Waals surface area contributed by atoms with Crippen LogP contribution < -0.4 is 10.6 Å². The molecule has 0 amide bonds. The zero-order valence-electron chi connectivity index (χ0n) is 13.6. The molecule has 4 nitrogen and oxygen atoms in total. The zero-order valence-corrected chi connectivity index (χ0v) is 14.4. The van der Waals surface area contributed by atoms with E-state index in [0.29, 0.717) is 12.1 Å². The van der Waals surface area contributed by atoms with Crippen molar-refractivity contribution < 1.29 is 0 Å². The van der Waals surface area contributed by atoms with E-state index < -0.39 is 0 Å². The minimum atomic E-state index is 0.404. The van der Waals surface area contributed by atoms with Gasteiger partial charge >= 0.3 is 0 Å². The van der Waals surface area contributed by atoms with E-state index in [2.05, 4.69) is 58.1 Å². The van der Waals surface area contributed by atoms with Gasteiger partial charge in [0.2, 0.25) is 0 Å². The molecular formula is C16H28N4S. The summed E-state index contributed by atoms with van der Waals surface area (Å²) in [6.07, 6.45) is 1.25. The normalized spacial score (nSPS) is 23.2. The number of thiophene rings is 1. The van der Waals surface area contributed by atoms with Crippen LogP contribution >= 0.6 is 11.3 Å². The van der Waals surface area contributed by atoms with Gasteiger partial charge in [-0.25, -0.2) is 0 Å². The van der Waals surface area contributed by atoms with Gasteiger partial charge < -0.3 is 10.6 Å². The molecule has 118 valence electrons. The first-order valence-electron chi connectivity index (χ1n) is 7.92. The van der Waals surface area contributed by atoms with Gasteiger partial charge in [0.15, 0.2) is 5.96 Å². The van der Waals surface area contributed by atoms with E-state index >= 15 is 0 Å². The van der Waals surface area contributed by atoms with Gasteiger partial charge in [0.1, 0.15) is 0 Å². The van der Waals surface area contributed by atoms with Gasteiger partial charge in [-0.2, -0.15) is 11.3 Å². The van der Waals surface area contributed by atoms with Crippen LogP contribution in [-0.2, 0) is 0 Å². The van der Waals surface area contributed by atoms with Crippen molar-refractivity contribution in [3.63, 3.8) is 0 Å². The smallest absolute Gasteiger partial charge is 0.191 e. The largest absolute Gasteiger partial charge is 0.354 e. The SMILES string of the molecule is CCN(CC)C(CNC(=NC)NC1CC1C)c1ccsc1. The van der Waals surface area contributed by atoms with Crippen LogP contribution in [0, 0.1) is 5.92 Å². The van der Waals surface area contributed by atoms with Crippen molar-refractivity contribution in [2.45, 2.75) is 39.3 Å². The Morgan fingerprint density at radius 3 is 2.67 bits per heavy atom. The van der Waals surface area contributed by atoms with Crippen LogP contribution in [-0.4, -0.2) is 43.6 Å². The Morgan fingerprint density at radius 1 is 1.48 bits per heavy atom. The van der Waals surface area contributed by atoms with Crippen LogP contribution in [0.5, 0.6) is 0 Å². The monoisotopic (exact) mass is 308 g/mol. The molecule has 3 unspecified atom stereocenters. The summed E-state index contributed by atoms with van der Waals surface area (Å²) in [5.74, 6) is 1.70. The number of aliphatic imine (C=N–C) groups is 1. The molecule has 2 N–H and O–H groups in total. The Bertz CT molecular complexity index is 439. The maximum Gasteiger partial charge on any atom is 0.191 e. The maximum absolute atomic E-state index is 4.35. The summed E-state index contributed by atoms with van der Waals surface area (Å²) in [6, 6.07) is 3.24. The van der Waals surface area contributed by atoms with Crippen LogP contribution in [0.1, 0.15) is 38.8 Å². The average molecular weight is 308 g/mol. The van der Waals surface area contributed by atoms with Crippen molar-refractivity contribution in [1.82, 2.24) is 15.5 Å². The van der Waals surface area contributed by atoms with Crippen molar-refractivity contribution in [1.29, 1.82) is 0 Å². The Morgan fingerprint density at radius 2 is 2.19 bits per heavy atom. The fourth-order valence-electron chi connectivity index (χ4n) is 2.67. The Balaban J connectivity index is 1.94. The van der Waals surface area contributed by atoms with Crippen molar-refractivity contribution >= 4 is 17.3 Å². The highest BCUT2D eigenvalue weighted by Gasteiger charge is 2.33. The molecule has 1 aromatic rings. The summed E-state index contributed by atoms with van der Waals surface area (Å²) in [5.41, 5.74) is 1.39. The second-order valence-electron chi connectivity index (χ2n) is 5.71. The number of nitrogens with zero attached hydrogens (tertiary/aromatic N) is 2. The summed E-state index contributed by atoms with van der Waals surface area (Å²) in [5, 5.41) is 11.4. The van der Waals surface area contributed by atoms with Gasteiger partial charge in [0.25, 0.3) is 0 Å². The third-order valence-electron chi connectivity index (χ3n) is 4.30. The van der Waals surface area contributed by atoms with Crippen molar-refractivity contribution in [2.75, 3.05) is 26.7 Å². The van der Waals surface area contributed by atoms with E-state index in [1.165, 1.54) is 12.0 Å². The van der Waals surface area contributed by atoms with E-state index in [1.807, 2.05) is 7.05 Å². The van der Waals surface area contributed by atoms with Gasteiger partial charge in [-0.05, 0) is 47.8 Å². The quantitative estimate of drug-likeness (QED) is 0.601. The molecule has 1 aliphatic rings. The van der Waals surface area contributed by atoms with Crippen LogP contribution in [0.25, 0.3) is 0 Å². The lowest BCUT2D eigenvalue weighted by Crippen LogP contribution is -2.44. The van der Waals surface area contributed by atoms with Crippen LogP contribution in [0.15, 0.2) is 21.8 Å². The van der Waals surface area contributed by atoms with Crippen molar-refractivity contribution in [2.24, 2.45) is 10.9 Å². The summed E-state index contributed by atoms with van der Waals surface area (Å²) in [7, 11) is 1.85. The van der Waals surface area contributed by atoms with Gasteiger partial charge in [0, 0.05) is 19.6 Å². The lowest BCUT2D eigenvalue weighted by atomic mass is 10.1. The van der Waals surface area contributed by atoms with Crippen LogP contribution in [0.4, 0.5) is 0 Å². The summed E-state index contributed by atoms with van der Waals surface area (Å²) >= 11 is 1.77. The molecule has 21 heavy (non-hydrogen) atoms. The third-order valence-corrected chi connectivity index (χ3v) is 5.00. The third kappa shape index (κ3) is 4.45. The fourth-order valence-corrected chi connectivity index (χ4v) is 3.38. The molecule has 1 heterocycles. The van der Waals surface area contributed by atoms with Crippen molar-refractivity contribution in [3.05, 3.63) is 22.4 Å². The molecule has 1 aromatic heterocycles. The second-order valence-corrected chi connectivity index (χ2v) is 6.49. The molecule has 1 fully saturated rings. The van der Waals surface area contributed by atoms with Crippen LogP contribution in [0.3, 0.4) is 0 Å². The number of nitrogens with one attached hydrogen (secondary N) is 2. The molecule has 1 aliphatic carbocycles. The molecule has 1 saturated carbocycles. The predicted molar refractivity (Wildman–Crippen MR) is 92.0 cm³/mol. The van der Waals surface area contributed by atoms with E-state index in [-0.39, 0.29) is 0 Å². The highest BCUT2D eigenvalue weighted by molar-refractivity contribution is 7.07. The average Bonchev–Trinajstić information content (AvgIpc) is 2.96. The zero-order chi connectivity index (χ0) is 15.2. The first kappa shape index (κ1) is 16.3. The maximum atomic E-state index is 4.35. The molecule has 2 rings (SSSR count). The minimum absolute atomic E-state index is 0.404. The predicted octanol–water partition coefficient (Wildman–Crippen LogP) is 2.70. The minimum Gasteiger partial charge on any atom is -0.354 e. The molecule has 5 heteroatoms. The van der Waals surface area contributed by atoms with E-state index in [4.69, 9.17) is 0 Å². The highest BCUT2D eigenvalue weighted by Crippen LogP contribution is 2.28. The van der Waals surface area contributed by atoms with E-state index in [0.717, 1.165) is 31.5 Å². The molecule has 0 saturated heterocycles. The number of likely N-dealkylation sites (N-methyl/N-ethyl adjacent to an activating group) is 1. The topological polar surface area (TPSA) is 39.7 Å². The van der Waals surface area contributed by atoms with E-state index in [1.54, 1.807) is 11.3 Å². The summed E-state index contributed by atoms with van der Waals surface area (Å²) in [6.45, 7) is 9.73. The van der Waals surface area contributed by atoms with Gasteiger partial charge in [-0.3, -0.25) is 9.89 Å². The standard InChI is InChI=1S/C16H28N4S/c1-5-20(6-2)15(13-7-8-21-11-13)10-18-16(17-4)19-14-9-12(14)3/h7-8,11-12,14-15H,5-6,9-10H2,1-4H3,(H2,17,18,19). The first-order chi connectivity index (χ1) is 10.2. The molecule has 0 aromatic carbocycles. The highest BCUT2D eigenvalue weighted by atomic mass is 32.1. The molecule has 0 spiro atoms. The lowest BCUT2D eigenvalue weighted by Gasteiger charge is -2.30. The number of hydrogen-bond donors (Lipinski definition) is 2. The number of hydrogen-bond acceptors (Lipinski definition) is 3. The molecular weight excluding hydrogens is 280 g/mol. The second kappa shape index (κ2) is 7.80.